The molecule has 8 heteroatoms. The zero-order valence-corrected chi connectivity index (χ0v) is 8.32. The van der Waals surface area contributed by atoms with Gasteiger partial charge < -0.3 is 15.5 Å². The Bertz CT molecular complexity index is 279. The van der Waals surface area contributed by atoms with E-state index in [1.165, 1.54) is 0 Å². The van der Waals surface area contributed by atoms with E-state index in [9.17, 15) is 19.2 Å². The van der Waals surface area contributed by atoms with Gasteiger partial charge in [0.25, 0.3) is 5.91 Å². The fourth-order valence-corrected chi connectivity index (χ4v) is 1.40. The summed E-state index contributed by atoms with van der Waals surface area (Å²) in [4.78, 5) is 41.1. The molecule has 3 N–H and O–H groups in total. The Morgan fingerprint density at radius 3 is 2.33 bits per heavy atom. The van der Waals surface area contributed by atoms with Crippen molar-refractivity contribution in [2.75, 3.05) is 11.5 Å². The van der Waals surface area contributed by atoms with E-state index in [0.717, 1.165) is 11.8 Å². The number of carboxylic acids is 2. The van der Waals surface area contributed by atoms with Crippen molar-refractivity contribution in [3.8, 4) is 0 Å². The van der Waals surface area contributed by atoms with Gasteiger partial charge in [0.05, 0.1) is 5.75 Å². The minimum absolute atomic E-state index is 0.0438. The molecule has 0 aromatic heterocycles. The molecule has 0 aromatic carbocycles. The van der Waals surface area contributed by atoms with E-state index in [1.807, 2.05) is 5.32 Å². The van der Waals surface area contributed by atoms with E-state index in [2.05, 4.69) is 0 Å². The lowest BCUT2D eigenvalue weighted by Crippen LogP contribution is -2.43. The first-order valence-electron chi connectivity index (χ1n) is 3.75. The average Bonchev–Trinajstić information content (AvgIpc) is 2.15. The fraction of sp³-hybridized carbons (Fsp3) is 0.429. The van der Waals surface area contributed by atoms with Gasteiger partial charge in [-0.1, -0.05) is 0 Å². The molecule has 0 aromatic rings. The molecule has 0 radical (unpaired) electrons. The van der Waals surface area contributed by atoms with Gasteiger partial charge in [-0.2, -0.15) is 0 Å². The van der Waals surface area contributed by atoms with E-state index < -0.39 is 23.9 Å². The van der Waals surface area contributed by atoms with Crippen molar-refractivity contribution in [2.24, 2.45) is 0 Å². The number of carboxylic acid groups (broad SMARTS) is 2. The monoisotopic (exact) mass is 235 g/mol. The SMILES string of the molecule is O=CC(=O)N[C@@H](CSCC(=O)O)C(=O)O. The molecule has 0 aliphatic heterocycles. The molecular formula is C7H9NO6S. The summed E-state index contributed by atoms with van der Waals surface area (Å²) in [6.07, 6.45) is -0.0438. The highest BCUT2D eigenvalue weighted by molar-refractivity contribution is 8.00. The maximum atomic E-state index is 10.6. The van der Waals surface area contributed by atoms with Gasteiger partial charge in [0, 0.05) is 5.75 Å². The quantitative estimate of drug-likeness (QED) is 0.365. The molecule has 0 saturated heterocycles. The lowest BCUT2D eigenvalue weighted by molar-refractivity contribution is -0.141. The topological polar surface area (TPSA) is 121 Å². The molecule has 15 heavy (non-hydrogen) atoms. The number of rotatable bonds is 7. The Morgan fingerprint density at radius 2 is 1.93 bits per heavy atom. The van der Waals surface area contributed by atoms with Gasteiger partial charge in [-0.3, -0.25) is 14.4 Å². The second-order valence-corrected chi connectivity index (χ2v) is 3.46. The normalized spacial score (nSPS) is 11.5. The Morgan fingerprint density at radius 1 is 1.33 bits per heavy atom. The molecule has 0 spiro atoms. The van der Waals surface area contributed by atoms with E-state index >= 15 is 0 Å². The highest BCUT2D eigenvalue weighted by Gasteiger charge is 2.19. The zero-order chi connectivity index (χ0) is 11.8. The van der Waals surface area contributed by atoms with Gasteiger partial charge in [-0.15, -0.1) is 11.8 Å². The highest BCUT2D eigenvalue weighted by Crippen LogP contribution is 2.02. The largest absolute Gasteiger partial charge is 0.481 e. The molecule has 0 rings (SSSR count). The van der Waals surface area contributed by atoms with Gasteiger partial charge >= 0.3 is 11.9 Å². The van der Waals surface area contributed by atoms with E-state index in [1.54, 1.807) is 0 Å². The van der Waals surface area contributed by atoms with Crippen LogP contribution in [0.15, 0.2) is 0 Å². The summed E-state index contributed by atoms with van der Waals surface area (Å²) >= 11 is 0.839. The summed E-state index contributed by atoms with van der Waals surface area (Å²) in [6.45, 7) is 0. The number of aldehydes is 1. The summed E-state index contributed by atoms with van der Waals surface area (Å²) in [6, 6.07) is -1.26. The molecule has 0 saturated carbocycles. The van der Waals surface area contributed by atoms with Crippen molar-refractivity contribution >= 4 is 35.9 Å². The first-order valence-corrected chi connectivity index (χ1v) is 4.91. The van der Waals surface area contributed by atoms with Gasteiger partial charge in [0.15, 0.2) is 0 Å². The van der Waals surface area contributed by atoms with Crippen molar-refractivity contribution in [1.82, 2.24) is 5.32 Å². The number of thioether (sulfide) groups is 1. The van der Waals surface area contributed by atoms with Crippen molar-refractivity contribution in [2.45, 2.75) is 6.04 Å². The van der Waals surface area contributed by atoms with Crippen LogP contribution < -0.4 is 5.32 Å². The van der Waals surface area contributed by atoms with Gasteiger partial charge in [0.2, 0.25) is 6.29 Å². The molecule has 0 unspecified atom stereocenters. The predicted molar refractivity (Wildman–Crippen MR) is 50.6 cm³/mol. The smallest absolute Gasteiger partial charge is 0.327 e. The van der Waals surface area contributed by atoms with Crippen LogP contribution in [-0.2, 0) is 19.2 Å². The standard InChI is InChI=1S/C7H9NO6S/c9-1-5(10)8-4(7(13)14)2-15-3-6(11)12/h1,4H,2-3H2,(H,8,10)(H,11,12)(H,13,14)/t4-/m0/s1. The van der Waals surface area contributed by atoms with Crippen LogP contribution in [0, 0.1) is 0 Å². The minimum Gasteiger partial charge on any atom is -0.481 e. The maximum Gasteiger partial charge on any atom is 0.327 e. The van der Waals surface area contributed by atoms with E-state index in [4.69, 9.17) is 10.2 Å². The predicted octanol–water partition coefficient (Wildman–Crippen LogP) is -1.43. The van der Waals surface area contributed by atoms with Crippen LogP contribution in [0.1, 0.15) is 0 Å². The third-order valence-electron chi connectivity index (χ3n) is 1.23. The first kappa shape index (κ1) is 13.4. The first-order chi connectivity index (χ1) is 6.97. The number of hydrogen-bond donors (Lipinski definition) is 3. The van der Waals surface area contributed by atoms with Crippen LogP contribution in [0.4, 0.5) is 0 Å². The number of nitrogens with one attached hydrogen (secondary N) is 1. The Balaban J connectivity index is 4.05. The van der Waals surface area contributed by atoms with Gasteiger partial charge in [-0.25, -0.2) is 4.79 Å². The van der Waals surface area contributed by atoms with Crippen molar-refractivity contribution in [3.05, 3.63) is 0 Å². The second kappa shape index (κ2) is 6.82. The Kier molecular flexibility index (Phi) is 6.11. The molecule has 1 atom stereocenters. The Hall–Kier alpha value is -1.57. The number of aliphatic carboxylic acids is 2. The third kappa shape index (κ3) is 6.49. The molecule has 7 nitrogen and oxygen atoms in total. The lowest BCUT2D eigenvalue weighted by Gasteiger charge is -2.10. The van der Waals surface area contributed by atoms with Crippen LogP contribution in [0.5, 0.6) is 0 Å². The summed E-state index contributed by atoms with van der Waals surface area (Å²) in [5, 5.41) is 18.8. The third-order valence-corrected chi connectivity index (χ3v) is 2.25. The molecule has 0 bridgehead atoms. The molecule has 84 valence electrons. The second-order valence-electron chi connectivity index (χ2n) is 2.43. The van der Waals surface area contributed by atoms with Crippen LogP contribution in [-0.4, -0.2) is 51.9 Å². The summed E-state index contributed by atoms with van der Waals surface area (Å²) in [7, 11) is 0. The number of carbonyl (C=O) groups excluding carboxylic acids is 2. The Labute approximate surface area is 88.8 Å². The number of hydrogen-bond acceptors (Lipinski definition) is 5. The van der Waals surface area contributed by atoms with Crippen LogP contribution >= 0.6 is 11.8 Å². The average molecular weight is 235 g/mol. The number of carbonyl (C=O) groups is 4. The summed E-state index contributed by atoms with van der Waals surface area (Å²) in [5.41, 5.74) is 0. The van der Waals surface area contributed by atoms with Crippen LogP contribution in [0.25, 0.3) is 0 Å². The van der Waals surface area contributed by atoms with Crippen molar-refractivity contribution in [1.29, 1.82) is 0 Å². The van der Waals surface area contributed by atoms with E-state index in [-0.39, 0.29) is 17.8 Å². The fourth-order valence-electron chi connectivity index (χ4n) is 0.645. The summed E-state index contributed by atoms with van der Waals surface area (Å²) < 4.78 is 0. The van der Waals surface area contributed by atoms with E-state index in [0.29, 0.717) is 0 Å². The maximum absolute atomic E-state index is 10.6. The zero-order valence-electron chi connectivity index (χ0n) is 7.50. The van der Waals surface area contributed by atoms with Gasteiger partial charge in [-0.05, 0) is 0 Å². The number of amides is 1. The highest BCUT2D eigenvalue weighted by atomic mass is 32.2. The van der Waals surface area contributed by atoms with Crippen molar-refractivity contribution in [3.63, 3.8) is 0 Å². The molecule has 0 aliphatic rings. The van der Waals surface area contributed by atoms with Crippen LogP contribution in [0.2, 0.25) is 0 Å². The van der Waals surface area contributed by atoms with Crippen LogP contribution in [0.3, 0.4) is 0 Å². The molecule has 0 fully saturated rings. The minimum atomic E-state index is -1.32. The molecule has 0 aliphatic carbocycles. The molecular weight excluding hydrogens is 226 g/mol. The molecule has 0 heterocycles. The summed E-state index contributed by atoms with van der Waals surface area (Å²) in [5.74, 6) is -3.81. The van der Waals surface area contributed by atoms with Crippen molar-refractivity contribution < 1.29 is 29.4 Å². The lowest BCUT2D eigenvalue weighted by atomic mass is 10.3. The van der Waals surface area contributed by atoms with Gasteiger partial charge in [0.1, 0.15) is 6.04 Å². The molecule has 1 amide bonds.